The SMILES string of the molecule is Cc1cc(CN2CCC(c3ccc4cccnc4n3)CC2)on1. The van der Waals surface area contributed by atoms with Gasteiger partial charge >= 0.3 is 0 Å². The van der Waals surface area contributed by atoms with E-state index in [0.29, 0.717) is 5.92 Å². The molecule has 118 valence electrons. The van der Waals surface area contributed by atoms with Crippen molar-refractivity contribution in [3.05, 3.63) is 53.7 Å². The molecule has 0 N–H and O–H groups in total. The minimum Gasteiger partial charge on any atom is -0.360 e. The largest absolute Gasteiger partial charge is 0.360 e. The number of likely N-dealkylation sites (tertiary alicyclic amines) is 1. The highest BCUT2D eigenvalue weighted by Crippen LogP contribution is 2.28. The molecule has 3 aromatic rings. The Kier molecular flexibility index (Phi) is 3.79. The van der Waals surface area contributed by atoms with Crippen molar-refractivity contribution in [1.29, 1.82) is 0 Å². The molecule has 5 heteroatoms. The molecule has 4 rings (SSSR count). The molecule has 0 radical (unpaired) electrons. The van der Waals surface area contributed by atoms with Crippen molar-refractivity contribution in [2.45, 2.75) is 32.2 Å². The number of aryl methyl sites for hydroxylation is 1. The summed E-state index contributed by atoms with van der Waals surface area (Å²) in [6.45, 7) is 4.93. The molecular weight excluding hydrogens is 288 g/mol. The van der Waals surface area contributed by atoms with Crippen molar-refractivity contribution >= 4 is 11.0 Å². The average Bonchev–Trinajstić information content (AvgIpc) is 3.00. The van der Waals surface area contributed by atoms with Gasteiger partial charge in [0.05, 0.1) is 12.2 Å². The topological polar surface area (TPSA) is 55.1 Å². The van der Waals surface area contributed by atoms with Gasteiger partial charge < -0.3 is 4.52 Å². The van der Waals surface area contributed by atoms with Gasteiger partial charge in [0.2, 0.25) is 0 Å². The molecular formula is C18H20N4O. The Bertz CT molecular complexity index is 805. The van der Waals surface area contributed by atoms with E-state index >= 15 is 0 Å². The predicted octanol–water partition coefficient (Wildman–Crippen LogP) is 3.31. The van der Waals surface area contributed by atoms with Gasteiger partial charge in [0.25, 0.3) is 0 Å². The van der Waals surface area contributed by atoms with E-state index in [2.05, 4.69) is 33.2 Å². The highest BCUT2D eigenvalue weighted by atomic mass is 16.5. The van der Waals surface area contributed by atoms with Crippen molar-refractivity contribution in [3.8, 4) is 0 Å². The van der Waals surface area contributed by atoms with E-state index in [1.807, 2.05) is 19.1 Å². The van der Waals surface area contributed by atoms with Crippen LogP contribution in [0.15, 0.2) is 41.1 Å². The van der Waals surface area contributed by atoms with Gasteiger partial charge in [0.15, 0.2) is 11.4 Å². The van der Waals surface area contributed by atoms with Crippen LogP contribution in [0.5, 0.6) is 0 Å². The van der Waals surface area contributed by atoms with E-state index in [1.54, 1.807) is 6.20 Å². The second kappa shape index (κ2) is 6.08. The molecule has 0 atom stereocenters. The number of hydrogen-bond donors (Lipinski definition) is 0. The molecule has 23 heavy (non-hydrogen) atoms. The zero-order valence-electron chi connectivity index (χ0n) is 13.3. The molecule has 1 aliphatic rings. The summed E-state index contributed by atoms with van der Waals surface area (Å²) in [7, 11) is 0. The molecule has 0 unspecified atom stereocenters. The third-order valence-electron chi connectivity index (χ3n) is 4.55. The quantitative estimate of drug-likeness (QED) is 0.743. The van der Waals surface area contributed by atoms with Crippen LogP contribution in [0.3, 0.4) is 0 Å². The number of rotatable bonds is 3. The molecule has 1 aliphatic heterocycles. The molecule has 1 fully saturated rings. The third kappa shape index (κ3) is 3.10. The molecule has 0 bridgehead atoms. The molecule has 0 aromatic carbocycles. The minimum atomic E-state index is 0.522. The summed E-state index contributed by atoms with van der Waals surface area (Å²) in [4.78, 5) is 11.5. The Labute approximate surface area is 135 Å². The van der Waals surface area contributed by atoms with Crippen LogP contribution in [-0.4, -0.2) is 33.1 Å². The summed E-state index contributed by atoms with van der Waals surface area (Å²) < 4.78 is 5.31. The first kappa shape index (κ1) is 14.3. The summed E-state index contributed by atoms with van der Waals surface area (Å²) in [5, 5.41) is 5.06. The maximum atomic E-state index is 5.31. The fourth-order valence-electron chi connectivity index (χ4n) is 3.29. The van der Waals surface area contributed by atoms with Crippen LogP contribution in [0.4, 0.5) is 0 Å². The lowest BCUT2D eigenvalue weighted by Crippen LogP contribution is -2.32. The van der Waals surface area contributed by atoms with Gasteiger partial charge in [-0.05, 0) is 57.1 Å². The minimum absolute atomic E-state index is 0.522. The van der Waals surface area contributed by atoms with E-state index in [9.17, 15) is 0 Å². The normalized spacial score (nSPS) is 16.9. The van der Waals surface area contributed by atoms with Gasteiger partial charge in [-0.3, -0.25) is 4.90 Å². The highest BCUT2D eigenvalue weighted by Gasteiger charge is 2.22. The molecule has 0 spiro atoms. The Morgan fingerprint density at radius 3 is 2.87 bits per heavy atom. The molecule has 4 heterocycles. The van der Waals surface area contributed by atoms with Crippen LogP contribution in [0.25, 0.3) is 11.0 Å². The van der Waals surface area contributed by atoms with Crippen molar-refractivity contribution in [2.75, 3.05) is 13.1 Å². The summed E-state index contributed by atoms with van der Waals surface area (Å²) >= 11 is 0. The van der Waals surface area contributed by atoms with E-state index < -0.39 is 0 Å². The zero-order valence-corrected chi connectivity index (χ0v) is 13.3. The second-order valence-corrected chi connectivity index (χ2v) is 6.27. The van der Waals surface area contributed by atoms with Gasteiger partial charge in [-0.2, -0.15) is 0 Å². The van der Waals surface area contributed by atoms with Gasteiger partial charge in [0.1, 0.15) is 0 Å². The Hall–Kier alpha value is -2.27. The summed E-state index contributed by atoms with van der Waals surface area (Å²) in [6, 6.07) is 10.3. The Morgan fingerprint density at radius 1 is 1.22 bits per heavy atom. The predicted molar refractivity (Wildman–Crippen MR) is 88.0 cm³/mol. The Morgan fingerprint density at radius 2 is 2.09 bits per heavy atom. The number of fused-ring (bicyclic) bond motifs is 1. The van der Waals surface area contributed by atoms with Gasteiger partial charge in [0, 0.05) is 29.3 Å². The maximum Gasteiger partial charge on any atom is 0.159 e. The van der Waals surface area contributed by atoms with E-state index in [4.69, 9.17) is 9.51 Å². The molecule has 5 nitrogen and oxygen atoms in total. The summed E-state index contributed by atoms with van der Waals surface area (Å²) in [5.41, 5.74) is 2.97. The maximum absolute atomic E-state index is 5.31. The second-order valence-electron chi connectivity index (χ2n) is 6.27. The van der Waals surface area contributed by atoms with E-state index in [-0.39, 0.29) is 0 Å². The molecule has 0 amide bonds. The lowest BCUT2D eigenvalue weighted by molar-refractivity contribution is 0.183. The lowest BCUT2D eigenvalue weighted by Gasteiger charge is -2.30. The number of pyridine rings is 2. The van der Waals surface area contributed by atoms with Crippen LogP contribution < -0.4 is 0 Å². The number of piperidine rings is 1. The summed E-state index contributed by atoms with van der Waals surface area (Å²) in [6.07, 6.45) is 4.05. The third-order valence-corrected chi connectivity index (χ3v) is 4.55. The van der Waals surface area contributed by atoms with E-state index in [1.165, 1.54) is 5.69 Å². The van der Waals surface area contributed by atoms with Gasteiger partial charge in [-0.1, -0.05) is 5.16 Å². The van der Waals surface area contributed by atoms with Gasteiger partial charge in [-0.25, -0.2) is 9.97 Å². The molecule has 0 saturated carbocycles. The fraction of sp³-hybridized carbons (Fsp3) is 0.389. The van der Waals surface area contributed by atoms with Crippen molar-refractivity contribution in [2.24, 2.45) is 0 Å². The van der Waals surface area contributed by atoms with Crippen LogP contribution in [-0.2, 0) is 6.54 Å². The molecule has 0 aliphatic carbocycles. The van der Waals surface area contributed by atoms with E-state index in [0.717, 1.165) is 55.0 Å². The first-order chi connectivity index (χ1) is 11.3. The first-order valence-corrected chi connectivity index (χ1v) is 8.14. The van der Waals surface area contributed by atoms with Crippen LogP contribution in [0.2, 0.25) is 0 Å². The van der Waals surface area contributed by atoms with Crippen LogP contribution in [0.1, 0.15) is 35.9 Å². The zero-order chi connectivity index (χ0) is 15.6. The average molecular weight is 308 g/mol. The van der Waals surface area contributed by atoms with Gasteiger partial charge in [-0.15, -0.1) is 0 Å². The number of nitrogens with zero attached hydrogens (tertiary/aromatic N) is 4. The number of hydrogen-bond acceptors (Lipinski definition) is 5. The smallest absolute Gasteiger partial charge is 0.159 e. The van der Waals surface area contributed by atoms with Crippen molar-refractivity contribution < 1.29 is 4.52 Å². The number of aromatic nitrogens is 3. The highest BCUT2D eigenvalue weighted by molar-refractivity contribution is 5.74. The van der Waals surface area contributed by atoms with Crippen LogP contribution >= 0.6 is 0 Å². The standard InChI is InChI=1S/C18H20N4O/c1-13-11-16(23-21-13)12-22-9-6-14(7-10-22)17-5-4-15-3-2-8-19-18(15)20-17/h2-5,8,11,14H,6-7,9-10,12H2,1H3. The molecule has 3 aromatic heterocycles. The monoisotopic (exact) mass is 308 g/mol. The summed E-state index contributed by atoms with van der Waals surface area (Å²) in [5.74, 6) is 1.48. The first-order valence-electron chi connectivity index (χ1n) is 8.14. The van der Waals surface area contributed by atoms with Crippen molar-refractivity contribution in [3.63, 3.8) is 0 Å². The Balaban J connectivity index is 1.42. The lowest BCUT2D eigenvalue weighted by atomic mass is 9.93. The van der Waals surface area contributed by atoms with Crippen molar-refractivity contribution in [1.82, 2.24) is 20.0 Å². The molecule has 1 saturated heterocycles. The van der Waals surface area contributed by atoms with Crippen LogP contribution in [0, 0.1) is 6.92 Å². The fourth-order valence-corrected chi connectivity index (χ4v) is 3.29.